The number of piperazine rings is 1. The molecular weight excluding hydrogens is 388 g/mol. The third kappa shape index (κ3) is 5.20. The molecule has 2 atom stereocenters. The molecule has 2 aliphatic heterocycles. The molecule has 6 heteroatoms. The molecule has 0 spiro atoms. The number of nitrogens with zero attached hydrogens (tertiary/aromatic N) is 2. The molecule has 2 fully saturated rings. The molecule has 2 unspecified atom stereocenters. The van der Waals surface area contributed by atoms with Gasteiger partial charge in [-0.1, -0.05) is 43.7 Å². The van der Waals surface area contributed by atoms with Gasteiger partial charge in [0.1, 0.15) is 11.8 Å². The van der Waals surface area contributed by atoms with Crippen LogP contribution in [0.25, 0.3) is 0 Å². The standard InChI is InChI=1S/C25H34N4O2/c1-3-4-17-31-21-11-9-20(10-12-21)22-18-23(27-26-22)25(30)29-15-13-28(14-16-29)24-8-6-5-7-19(24)2/h5-12,22-23,26-27H,3-4,13-18H2,1-2H3. The van der Waals surface area contributed by atoms with Crippen LogP contribution in [0.15, 0.2) is 48.5 Å². The maximum absolute atomic E-state index is 13.1. The average Bonchev–Trinajstić information content (AvgIpc) is 3.30. The molecule has 1 amide bonds. The van der Waals surface area contributed by atoms with Gasteiger partial charge in [0.15, 0.2) is 0 Å². The number of hydrazine groups is 1. The predicted molar refractivity (Wildman–Crippen MR) is 124 cm³/mol. The van der Waals surface area contributed by atoms with E-state index in [2.05, 4.69) is 66.0 Å². The molecule has 2 heterocycles. The van der Waals surface area contributed by atoms with E-state index in [9.17, 15) is 4.79 Å². The van der Waals surface area contributed by atoms with E-state index in [1.54, 1.807) is 0 Å². The average molecular weight is 423 g/mol. The molecule has 4 rings (SSSR count). The summed E-state index contributed by atoms with van der Waals surface area (Å²) in [5.74, 6) is 1.10. The highest BCUT2D eigenvalue weighted by Crippen LogP contribution is 2.26. The lowest BCUT2D eigenvalue weighted by Crippen LogP contribution is -2.53. The minimum Gasteiger partial charge on any atom is -0.494 e. The van der Waals surface area contributed by atoms with Gasteiger partial charge < -0.3 is 14.5 Å². The molecule has 31 heavy (non-hydrogen) atoms. The van der Waals surface area contributed by atoms with Gasteiger partial charge in [0.25, 0.3) is 0 Å². The Balaban J connectivity index is 1.28. The van der Waals surface area contributed by atoms with Gasteiger partial charge in [0.2, 0.25) is 5.91 Å². The van der Waals surface area contributed by atoms with Crippen molar-refractivity contribution in [1.29, 1.82) is 0 Å². The highest BCUT2D eigenvalue weighted by atomic mass is 16.5. The summed E-state index contributed by atoms with van der Waals surface area (Å²) in [7, 11) is 0. The van der Waals surface area contributed by atoms with Crippen LogP contribution >= 0.6 is 0 Å². The van der Waals surface area contributed by atoms with E-state index in [1.807, 2.05) is 17.0 Å². The van der Waals surface area contributed by atoms with E-state index >= 15 is 0 Å². The number of ether oxygens (including phenoxy) is 1. The van der Waals surface area contributed by atoms with Crippen molar-refractivity contribution in [1.82, 2.24) is 15.8 Å². The van der Waals surface area contributed by atoms with Crippen LogP contribution in [-0.4, -0.2) is 49.6 Å². The Morgan fingerprint density at radius 1 is 1.03 bits per heavy atom. The van der Waals surface area contributed by atoms with Crippen LogP contribution < -0.4 is 20.5 Å². The maximum Gasteiger partial charge on any atom is 0.241 e. The number of rotatable bonds is 7. The number of unbranched alkanes of at least 4 members (excludes halogenated alkanes) is 1. The van der Waals surface area contributed by atoms with Gasteiger partial charge >= 0.3 is 0 Å². The van der Waals surface area contributed by atoms with Crippen LogP contribution in [0.1, 0.15) is 43.4 Å². The number of para-hydroxylation sites is 1. The van der Waals surface area contributed by atoms with E-state index in [0.717, 1.165) is 57.8 Å². The first kappa shape index (κ1) is 21.7. The second-order valence-corrected chi connectivity index (χ2v) is 8.50. The number of hydrogen-bond acceptors (Lipinski definition) is 5. The number of carbonyl (C=O) groups is 1. The number of anilines is 1. The summed E-state index contributed by atoms with van der Waals surface area (Å²) in [5, 5.41) is 0. The molecule has 0 radical (unpaired) electrons. The predicted octanol–water partition coefficient (Wildman–Crippen LogP) is 3.43. The number of hydrogen-bond donors (Lipinski definition) is 2. The molecule has 2 saturated heterocycles. The van der Waals surface area contributed by atoms with Crippen LogP contribution in [0.5, 0.6) is 5.75 Å². The van der Waals surface area contributed by atoms with Crippen LogP contribution in [0, 0.1) is 6.92 Å². The summed E-state index contributed by atoms with van der Waals surface area (Å²) in [6.45, 7) is 8.34. The molecule has 166 valence electrons. The summed E-state index contributed by atoms with van der Waals surface area (Å²) >= 11 is 0. The molecular formula is C25H34N4O2. The molecule has 6 nitrogen and oxygen atoms in total. The maximum atomic E-state index is 13.1. The topological polar surface area (TPSA) is 56.8 Å². The largest absolute Gasteiger partial charge is 0.494 e. The minimum atomic E-state index is -0.185. The van der Waals surface area contributed by atoms with Crippen molar-refractivity contribution in [2.75, 3.05) is 37.7 Å². The second-order valence-electron chi connectivity index (χ2n) is 8.50. The fourth-order valence-corrected chi connectivity index (χ4v) is 4.37. The van der Waals surface area contributed by atoms with E-state index in [-0.39, 0.29) is 18.0 Å². The van der Waals surface area contributed by atoms with Crippen molar-refractivity contribution < 1.29 is 9.53 Å². The van der Waals surface area contributed by atoms with Gasteiger partial charge in [-0.3, -0.25) is 4.79 Å². The lowest BCUT2D eigenvalue weighted by atomic mass is 10.0. The first-order valence-electron chi connectivity index (χ1n) is 11.5. The molecule has 0 aromatic heterocycles. The number of nitrogens with one attached hydrogen (secondary N) is 2. The molecule has 2 aliphatic rings. The fourth-order valence-electron chi connectivity index (χ4n) is 4.37. The van der Waals surface area contributed by atoms with Crippen LogP contribution in [0.4, 0.5) is 5.69 Å². The molecule has 0 saturated carbocycles. The van der Waals surface area contributed by atoms with Gasteiger partial charge in [-0.15, -0.1) is 0 Å². The van der Waals surface area contributed by atoms with Gasteiger partial charge in [-0.2, -0.15) is 0 Å². The quantitative estimate of drug-likeness (QED) is 0.670. The summed E-state index contributed by atoms with van der Waals surface area (Å²) in [5.41, 5.74) is 10.3. The lowest BCUT2D eigenvalue weighted by Gasteiger charge is -2.37. The zero-order chi connectivity index (χ0) is 21.6. The van der Waals surface area contributed by atoms with Crippen LogP contribution in [0.2, 0.25) is 0 Å². The number of benzene rings is 2. The van der Waals surface area contributed by atoms with Gasteiger partial charge in [-0.05, 0) is 49.1 Å². The van der Waals surface area contributed by atoms with E-state index in [1.165, 1.54) is 16.8 Å². The summed E-state index contributed by atoms with van der Waals surface area (Å²) in [4.78, 5) is 17.5. The van der Waals surface area contributed by atoms with Crippen molar-refractivity contribution in [2.24, 2.45) is 0 Å². The lowest BCUT2D eigenvalue weighted by molar-refractivity contribution is -0.133. The third-order valence-electron chi connectivity index (χ3n) is 6.30. The highest BCUT2D eigenvalue weighted by Gasteiger charge is 2.34. The van der Waals surface area contributed by atoms with Crippen molar-refractivity contribution in [3.8, 4) is 5.75 Å². The molecule has 0 bridgehead atoms. The second kappa shape index (κ2) is 10.2. The smallest absolute Gasteiger partial charge is 0.241 e. The van der Waals surface area contributed by atoms with Crippen LogP contribution in [0.3, 0.4) is 0 Å². The van der Waals surface area contributed by atoms with Crippen LogP contribution in [-0.2, 0) is 4.79 Å². The molecule has 2 aromatic carbocycles. The third-order valence-corrected chi connectivity index (χ3v) is 6.30. The first-order valence-corrected chi connectivity index (χ1v) is 11.5. The number of aryl methyl sites for hydroxylation is 1. The van der Waals surface area contributed by atoms with Crippen molar-refractivity contribution in [3.05, 3.63) is 59.7 Å². The first-order chi connectivity index (χ1) is 15.2. The van der Waals surface area contributed by atoms with Crippen molar-refractivity contribution in [3.63, 3.8) is 0 Å². The fraction of sp³-hybridized carbons (Fsp3) is 0.480. The minimum absolute atomic E-state index is 0.131. The van der Waals surface area contributed by atoms with Gasteiger partial charge in [0, 0.05) is 37.9 Å². The Morgan fingerprint density at radius 2 is 1.77 bits per heavy atom. The van der Waals surface area contributed by atoms with Gasteiger partial charge in [0.05, 0.1) is 6.61 Å². The molecule has 0 aliphatic carbocycles. The van der Waals surface area contributed by atoms with E-state index < -0.39 is 0 Å². The van der Waals surface area contributed by atoms with Crippen molar-refractivity contribution >= 4 is 11.6 Å². The Hall–Kier alpha value is -2.57. The zero-order valence-corrected chi connectivity index (χ0v) is 18.6. The van der Waals surface area contributed by atoms with Gasteiger partial charge in [-0.25, -0.2) is 10.9 Å². The Labute approximate surface area is 185 Å². The number of carbonyl (C=O) groups excluding carboxylic acids is 1. The summed E-state index contributed by atoms with van der Waals surface area (Å²) in [6, 6.07) is 16.6. The highest BCUT2D eigenvalue weighted by molar-refractivity contribution is 5.82. The van der Waals surface area contributed by atoms with Crippen molar-refractivity contribution in [2.45, 2.75) is 45.2 Å². The molecule has 2 aromatic rings. The normalized spacial score (nSPS) is 21.4. The Bertz CT molecular complexity index is 862. The summed E-state index contributed by atoms with van der Waals surface area (Å²) in [6.07, 6.45) is 2.96. The molecule has 2 N–H and O–H groups in total. The Kier molecular flexibility index (Phi) is 7.10. The zero-order valence-electron chi connectivity index (χ0n) is 18.6. The van der Waals surface area contributed by atoms with E-state index in [0.29, 0.717) is 0 Å². The monoisotopic (exact) mass is 422 g/mol. The van der Waals surface area contributed by atoms with E-state index in [4.69, 9.17) is 4.74 Å². The summed E-state index contributed by atoms with van der Waals surface area (Å²) < 4.78 is 5.75. The number of amides is 1. The Morgan fingerprint density at radius 3 is 2.48 bits per heavy atom. The SMILES string of the molecule is CCCCOc1ccc(C2CC(C(=O)N3CCN(c4ccccc4C)CC3)NN2)cc1.